The van der Waals surface area contributed by atoms with Gasteiger partial charge in [-0.1, -0.05) is 6.07 Å². The molecular formula is C13H20N2O. The van der Waals surface area contributed by atoms with Crippen molar-refractivity contribution in [2.24, 2.45) is 0 Å². The molecule has 0 bridgehead atoms. The van der Waals surface area contributed by atoms with Gasteiger partial charge in [0.25, 0.3) is 0 Å². The number of hydrogen-bond donors (Lipinski definition) is 2. The second kappa shape index (κ2) is 4.74. The maximum absolute atomic E-state index is 9.76. The monoisotopic (exact) mass is 220 g/mol. The summed E-state index contributed by atoms with van der Waals surface area (Å²) in [4.78, 5) is 2.08. The summed E-state index contributed by atoms with van der Waals surface area (Å²) in [6, 6.07) is 8.51. The average molecular weight is 220 g/mol. The number of benzene rings is 1. The normalized spacial score (nSPS) is 24.4. The highest BCUT2D eigenvalue weighted by Crippen LogP contribution is 2.24. The van der Waals surface area contributed by atoms with Crippen molar-refractivity contribution in [3.05, 3.63) is 24.3 Å². The minimum atomic E-state index is -0.192. The van der Waals surface area contributed by atoms with Gasteiger partial charge < -0.3 is 15.3 Å². The Balaban J connectivity index is 2.06. The van der Waals surface area contributed by atoms with Crippen LogP contribution in [0.25, 0.3) is 0 Å². The lowest BCUT2D eigenvalue weighted by Gasteiger charge is -2.19. The van der Waals surface area contributed by atoms with Crippen LogP contribution in [-0.2, 0) is 0 Å². The zero-order valence-corrected chi connectivity index (χ0v) is 9.98. The molecule has 1 aromatic carbocycles. The van der Waals surface area contributed by atoms with Crippen LogP contribution in [0, 0.1) is 0 Å². The maximum atomic E-state index is 9.76. The predicted molar refractivity (Wildman–Crippen MR) is 68.0 cm³/mol. The van der Waals surface area contributed by atoms with Crippen LogP contribution < -0.4 is 10.2 Å². The van der Waals surface area contributed by atoms with Crippen LogP contribution in [0.3, 0.4) is 0 Å². The molecular weight excluding hydrogens is 200 g/mol. The number of hydrogen-bond acceptors (Lipinski definition) is 3. The van der Waals surface area contributed by atoms with Gasteiger partial charge in [0.15, 0.2) is 0 Å². The van der Waals surface area contributed by atoms with Gasteiger partial charge in [-0.15, -0.1) is 0 Å². The number of nitrogens with one attached hydrogen (secondary N) is 1. The Morgan fingerprint density at radius 3 is 2.75 bits per heavy atom. The lowest BCUT2D eigenvalue weighted by molar-refractivity contribution is 0.172. The number of aliphatic hydroxyl groups is 1. The van der Waals surface area contributed by atoms with E-state index in [-0.39, 0.29) is 12.1 Å². The molecule has 2 N–H and O–H groups in total. The fraction of sp³-hybridized carbons (Fsp3) is 0.538. The molecule has 0 aromatic heterocycles. The fourth-order valence-corrected chi connectivity index (χ4v) is 2.20. The van der Waals surface area contributed by atoms with Crippen molar-refractivity contribution in [3.8, 4) is 0 Å². The van der Waals surface area contributed by atoms with E-state index >= 15 is 0 Å². The van der Waals surface area contributed by atoms with Crippen molar-refractivity contribution in [3.63, 3.8) is 0 Å². The van der Waals surface area contributed by atoms with Gasteiger partial charge in [0.05, 0.1) is 12.1 Å². The van der Waals surface area contributed by atoms with Crippen LogP contribution >= 0.6 is 0 Å². The fourth-order valence-electron chi connectivity index (χ4n) is 2.20. The van der Waals surface area contributed by atoms with Gasteiger partial charge in [-0.3, -0.25) is 0 Å². The Morgan fingerprint density at radius 1 is 1.31 bits per heavy atom. The van der Waals surface area contributed by atoms with Crippen LogP contribution in [0.4, 0.5) is 11.4 Å². The van der Waals surface area contributed by atoms with E-state index < -0.39 is 0 Å². The standard InChI is InChI=1S/C13H20N2O/c1-15(2)11-6-3-5-10(9-11)14-12-7-4-8-13(12)16/h3,5-6,9,12-14,16H,4,7-8H2,1-2H3/t12-,13-/m0/s1. The van der Waals surface area contributed by atoms with Crippen molar-refractivity contribution in [2.45, 2.75) is 31.4 Å². The molecule has 1 saturated carbocycles. The van der Waals surface area contributed by atoms with E-state index in [1.54, 1.807) is 0 Å². The minimum absolute atomic E-state index is 0.192. The van der Waals surface area contributed by atoms with Gasteiger partial charge in [0.1, 0.15) is 0 Å². The molecule has 88 valence electrons. The third-order valence-corrected chi connectivity index (χ3v) is 3.19. The number of anilines is 2. The summed E-state index contributed by atoms with van der Waals surface area (Å²) in [5.41, 5.74) is 2.27. The first kappa shape index (κ1) is 11.3. The van der Waals surface area contributed by atoms with Gasteiger partial charge in [0, 0.05) is 25.5 Å². The van der Waals surface area contributed by atoms with E-state index in [0.29, 0.717) is 0 Å². The van der Waals surface area contributed by atoms with E-state index in [9.17, 15) is 5.11 Å². The summed E-state index contributed by atoms with van der Waals surface area (Å²) in [5, 5.41) is 13.2. The summed E-state index contributed by atoms with van der Waals surface area (Å²) >= 11 is 0. The highest BCUT2D eigenvalue weighted by atomic mass is 16.3. The van der Waals surface area contributed by atoms with Crippen LogP contribution in [0.1, 0.15) is 19.3 Å². The summed E-state index contributed by atoms with van der Waals surface area (Å²) < 4.78 is 0. The molecule has 1 aliphatic rings. The number of rotatable bonds is 3. The first-order valence-electron chi connectivity index (χ1n) is 5.89. The molecule has 0 spiro atoms. The molecule has 0 heterocycles. The SMILES string of the molecule is CN(C)c1cccc(N[C@H]2CCC[C@@H]2O)c1. The molecule has 2 rings (SSSR count). The van der Waals surface area contributed by atoms with Gasteiger partial charge in [-0.05, 0) is 37.5 Å². The smallest absolute Gasteiger partial charge is 0.0741 e. The summed E-state index contributed by atoms with van der Waals surface area (Å²) in [6.07, 6.45) is 2.91. The van der Waals surface area contributed by atoms with Gasteiger partial charge >= 0.3 is 0 Å². The predicted octanol–water partition coefficient (Wildman–Crippen LogP) is 2.08. The molecule has 3 nitrogen and oxygen atoms in total. The highest BCUT2D eigenvalue weighted by Gasteiger charge is 2.24. The van der Waals surface area contributed by atoms with Gasteiger partial charge in [-0.25, -0.2) is 0 Å². The van der Waals surface area contributed by atoms with Crippen LogP contribution in [0.2, 0.25) is 0 Å². The molecule has 1 aliphatic carbocycles. The van der Waals surface area contributed by atoms with Crippen molar-refractivity contribution in [1.82, 2.24) is 0 Å². The topological polar surface area (TPSA) is 35.5 Å². The average Bonchev–Trinajstić information content (AvgIpc) is 2.65. The molecule has 2 atom stereocenters. The highest BCUT2D eigenvalue weighted by molar-refractivity contribution is 5.57. The number of aliphatic hydroxyl groups excluding tert-OH is 1. The second-order valence-corrected chi connectivity index (χ2v) is 4.69. The van der Waals surface area contributed by atoms with Crippen molar-refractivity contribution >= 4 is 11.4 Å². The number of nitrogens with zero attached hydrogens (tertiary/aromatic N) is 1. The molecule has 0 unspecified atom stereocenters. The Bertz CT molecular complexity index is 352. The van der Waals surface area contributed by atoms with E-state index in [4.69, 9.17) is 0 Å². The maximum Gasteiger partial charge on any atom is 0.0741 e. The Labute approximate surface area is 97.1 Å². The van der Waals surface area contributed by atoms with Crippen LogP contribution in [-0.4, -0.2) is 31.3 Å². The third kappa shape index (κ3) is 2.47. The molecule has 3 heteroatoms. The van der Waals surface area contributed by atoms with Crippen LogP contribution in [0.15, 0.2) is 24.3 Å². The zero-order chi connectivity index (χ0) is 11.5. The molecule has 1 aromatic rings. The van der Waals surface area contributed by atoms with E-state index in [2.05, 4.69) is 28.4 Å². The van der Waals surface area contributed by atoms with Crippen molar-refractivity contribution < 1.29 is 5.11 Å². The van der Waals surface area contributed by atoms with E-state index in [1.165, 1.54) is 5.69 Å². The first-order chi connectivity index (χ1) is 7.66. The quantitative estimate of drug-likeness (QED) is 0.818. The van der Waals surface area contributed by atoms with Gasteiger partial charge in [0.2, 0.25) is 0 Å². The van der Waals surface area contributed by atoms with E-state index in [1.807, 2.05) is 20.2 Å². The Kier molecular flexibility index (Phi) is 3.34. The minimum Gasteiger partial charge on any atom is -0.391 e. The summed E-state index contributed by atoms with van der Waals surface area (Å²) in [6.45, 7) is 0. The van der Waals surface area contributed by atoms with Crippen molar-refractivity contribution in [1.29, 1.82) is 0 Å². The molecule has 0 amide bonds. The molecule has 0 saturated heterocycles. The molecule has 1 fully saturated rings. The van der Waals surface area contributed by atoms with Crippen LogP contribution in [0.5, 0.6) is 0 Å². The molecule has 0 aliphatic heterocycles. The van der Waals surface area contributed by atoms with Gasteiger partial charge in [-0.2, -0.15) is 0 Å². The molecule has 0 radical (unpaired) electrons. The lowest BCUT2D eigenvalue weighted by Crippen LogP contribution is -2.27. The van der Waals surface area contributed by atoms with Crippen molar-refractivity contribution in [2.75, 3.05) is 24.3 Å². The second-order valence-electron chi connectivity index (χ2n) is 4.69. The Morgan fingerprint density at radius 2 is 2.12 bits per heavy atom. The summed E-state index contributed by atoms with van der Waals surface area (Å²) in [7, 11) is 4.06. The molecule has 16 heavy (non-hydrogen) atoms. The Hall–Kier alpha value is -1.22. The summed E-state index contributed by atoms with van der Waals surface area (Å²) in [5.74, 6) is 0. The third-order valence-electron chi connectivity index (χ3n) is 3.19. The largest absolute Gasteiger partial charge is 0.391 e. The first-order valence-corrected chi connectivity index (χ1v) is 5.89. The zero-order valence-electron chi connectivity index (χ0n) is 9.98. The lowest BCUT2D eigenvalue weighted by atomic mass is 10.2. The van der Waals surface area contributed by atoms with E-state index in [0.717, 1.165) is 24.9 Å².